The van der Waals surface area contributed by atoms with Crippen molar-refractivity contribution in [1.29, 1.82) is 0 Å². The average molecular weight is 258 g/mol. The molecule has 0 radical (unpaired) electrons. The summed E-state index contributed by atoms with van der Waals surface area (Å²) < 4.78 is 0. The summed E-state index contributed by atoms with van der Waals surface area (Å²) >= 11 is 4.20. The molecular formula is C15H14O2S. The highest BCUT2D eigenvalue weighted by Crippen LogP contribution is 2.22. The number of rotatable bonds is 4. The smallest absolute Gasteiger partial charge is 0.311 e. The molecule has 2 rings (SSSR count). The normalized spacial score (nSPS) is 12.1. The van der Waals surface area contributed by atoms with Crippen molar-refractivity contribution in [2.45, 2.75) is 17.2 Å². The van der Waals surface area contributed by atoms with E-state index in [-0.39, 0.29) is 0 Å². The molecular weight excluding hydrogens is 244 g/mol. The van der Waals surface area contributed by atoms with E-state index in [0.29, 0.717) is 6.42 Å². The zero-order chi connectivity index (χ0) is 13.0. The maximum absolute atomic E-state index is 11.4. The van der Waals surface area contributed by atoms with E-state index in [1.807, 2.05) is 54.6 Å². The molecule has 92 valence electrons. The largest absolute Gasteiger partial charge is 0.481 e. The van der Waals surface area contributed by atoms with E-state index >= 15 is 0 Å². The molecule has 2 aromatic carbocycles. The fraction of sp³-hybridized carbons (Fsp3) is 0.133. The van der Waals surface area contributed by atoms with Crippen molar-refractivity contribution in [3.63, 3.8) is 0 Å². The molecule has 0 saturated heterocycles. The predicted octanol–water partition coefficient (Wildman–Crippen LogP) is 3.39. The second-order valence-electron chi connectivity index (χ2n) is 4.17. The van der Waals surface area contributed by atoms with Crippen LogP contribution in [0.2, 0.25) is 0 Å². The van der Waals surface area contributed by atoms with Gasteiger partial charge in [-0.3, -0.25) is 4.79 Å². The molecule has 0 aliphatic heterocycles. The van der Waals surface area contributed by atoms with Crippen LogP contribution in [0.25, 0.3) is 0 Å². The summed E-state index contributed by atoms with van der Waals surface area (Å²) in [6.07, 6.45) is 0.502. The Kier molecular flexibility index (Phi) is 4.05. The van der Waals surface area contributed by atoms with Crippen LogP contribution in [0.15, 0.2) is 59.5 Å². The number of hydrogen-bond acceptors (Lipinski definition) is 2. The third-order valence-electron chi connectivity index (χ3n) is 2.88. The summed E-state index contributed by atoms with van der Waals surface area (Å²) in [5, 5.41) is 9.34. The molecule has 18 heavy (non-hydrogen) atoms. The van der Waals surface area contributed by atoms with Gasteiger partial charge in [-0.2, -0.15) is 0 Å². The number of thiol groups is 1. The quantitative estimate of drug-likeness (QED) is 0.825. The standard InChI is InChI=1S/C15H14O2S/c16-15(17)14(10-11-4-2-1-3-5-11)12-6-8-13(18)9-7-12/h1-9,14,18H,10H2,(H,16,17). The number of benzene rings is 2. The van der Waals surface area contributed by atoms with Crippen molar-refractivity contribution in [1.82, 2.24) is 0 Å². The Morgan fingerprint density at radius 3 is 2.22 bits per heavy atom. The predicted molar refractivity (Wildman–Crippen MR) is 74.2 cm³/mol. The third kappa shape index (κ3) is 3.14. The number of hydrogen-bond donors (Lipinski definition) is 2. The van der Waals surface area contributed by atoms with E-state index in [2.05, 4.69) is 12.6 Å². The molecule has 1 N–H and O–H groups in total. The van der Waals surface area contributed by atoms with Crippen molar-refractivity contribution < 1.29 is 9.90 Å². The van der Waals surface area contributed by atoms with Crippen LogP contribution in [0.3, 0.4) is 0 Å². The molecule has 0 bridgehead atoms. The summed E-state index contributed by atoms with van der Waals surface area (Å²) in [6.45, 7) is 0. The minimum absolute atomic E-state index is 0.502. The molecule has 2 nitrogen and oxygen atoms in total. The van der Waals surface area contributed by atoms with Gasteiger partial charge in [0, 0.05) is 4.90 Å². The second-order valence-corrected chi connectivity index (χ2v) is 4.69. The fourth-order valence-corrected chi connectivity index (χ4v) is 2.05. The van der Waals surface area contributed by atoms with Crippen LogP contribution in [0, 0.1) is 0 Å². The van der Waals surface area contributed by atoms with Crippen molar-refractivity contribution >= 4 is 18.6 Å². The van der Waals surface area contributed by atoms with Crippen LogP contribution in [0.1, 0.15) is 17.0 Å². The van der Waals surface area contributed by atoms with Crippen molar-refractivity contribution in [2.24, 2.45) is 0 Å². The van der Waals surface area contributed by atoms with E-state index in [4.69, 9.17) is 0 Å². The Labute approximate surface area is 112 Å². The van der Waals surface area contributed by atoms with Gasteiger partial charge in [-0.1, -0.05) is 42.5 Å². The molecule has 0 aromatic heterocycles. The van der Waals surface area contributed by atoms with Crippen LogP contribution in [0.5, 0.6) is 0 Å². The number of aliphatic carboxylic acids is 1. The molecule has 0 aliphatic carbocycles. The monoisotopic (exact) mass is 258 g/mol. The summed E-state index contributed by atoms with van der Waals surface area (Å²) in [7, 11) is 0. The van der Waals surface area contributed by atoms with Gasteiger partial charge < -0.3 is 5.11 Å². The van der Waals surface area contributed by atoms with Gasteiger partial charge in [0.15, 0.2) is 0 Å². The van der Waals surface area contributed by atoms with Crippen LogP contribution in [-0.4, -0.2) is 11.1 Å². The van der Waals surface area contributed by atoms with Gasteiger partial charge in [0.05, 0.1) is 5.92 Å². The topological polar surface area (TPSA) is 37.3 Å². The lowest BCUT2D eigenvalue weighted by atomic mass is 9.92. The minimum atomic E-state index is -0.800. The Morgan fingerprint density at radius 2 is 1.67 bits per heavy atom. The van der Waals surface area contributed by atoms with Gasteiger partial charge in [-0.15, -0.1) is 12.6 Å². The first kappa shape index (κ1) is 12.7. The number of carbonyl (C=O) groups is 1. The first-order valence-electron chi connectivity index (χ1n) is 5.72. The van der Waals surface area contributed by atoms with E-state index in [1.54, 1.807) is 0 Å². The third-order valence-corrected chi connectivity index (χ3v) is 3.17. The highest BCUT2D eigenvalue weighted by atomic mass is 32.1. The molecule has 0 spiro atoms. The van der Waals surface area contributed by atoms with Gasteiger partial charge in [-0.25, -0.2) is 0 Å². The molecule has 0 amide bonds. The zero-order valence-electron chi connectivity index (χ0n) is 9.78. The van der Waals surface area contributed by atoms with Gasteiger partial charge >= 0.3 is 5.97 Å². The molecule has 3 heteroatoms. The summed E-state index contributed by atoms with van der Waals surface area (Å²) in [5.41, 5.74) is 1.84. The van der Waals surface area contributed by atoms with E-state index in [1.165, 1.54) is 0 Å². The van der Waals surface area contributed by atoms with Gasteiger partial charge in [-0.05, 0) is 29.7 Å². The van der Waals surface area contributed by atoms with Crippen molar-refractivity contribution in [2.75, 3.05) is 0 Å². The van der Waals surface area contributed by atoms with Crippen LogP contribution in [0.4, 0.5) is 0 Å². The maximum Gasteiger partial charge on any atom is 0.311 e. The maximum atomic E-state index is 11.4. The lowest BCUT2D eigenvalue weighted by Gasteiger charge is -2.13. The van der Waals surface area contributed by atoms with Gasteiger partial charge in [0.25, 0.3) is 0 Å². The molecule has 1 unspecified atom stereocenters. The molecule has 0 heterocycles. The molecule has 0 fully saturated rings. The summed E-state index contributed by atoms with van der Waals surface area (Å²) in [6, 6.07) is 16.9. The molecule has 2 aromatic rings. The lowest BCUT2D eigenvalue weighted by Crippen LogP contribution is -2.14. The lowest BCUT2D eigenvalue weighted by molar-refractivity contribution is -0.138. The first-order valence-corrected chi connectivity index (χ1v) is 6.17. The summed E-state index contributed by atoms with van der Waals surface area (Å²) in [4.78, 5) is 12.2. The van der Waals surface area contributed by atoms with E-state index in [9.17, 15) is 9.90 Å². The number of carboxylic acid groups (broad SMARTS) is 1. The highest BCUT2D eigenvalue weighted by Gasteiger charge is 2.19. The Bertz CT molecular complexity index is 520. The van der Waals surface area contributed by atoms with Crippen molar-refractivity contribution in [3.05, 3.63) is 65.7 Å². The van der Waals surface area contributed by atoms with Crippen LogP contribution in [-0.2, 0) is 11.2 Å². The Balaban J connectivity index is 2.24. The van der Waals surface area contributed by atoms with E-state index in [0.717, 1.165) is 16.0 Å². The molecule has 0 saturated carbocycles. The van der Waals surface area contributed by atoms with Gasteiger partial charge in [0.1, 0.15) is 0 Å². The molecule has 0 aliphatic rings. The van der Waals surface area contributed by atoms with Crippen molar-refractivity contribution in [3.8, 4) is 0 Å². The average Bonchev–Trinajstić information content (AvgIpc) is 2.38. The molecule has 1 atom stereocenters. The fourth-order valence-electron chi connectivity index (χ4n) is 1.90. The van der Waals surface area contributed by atoms with Crippen LogP contribution >= 0.6 is 12.6 Å². The zero-order valence-corrected chi connectivity index (χ0v) is 10.7. The first-order chi connectivity index (χ1) is 8.66. The Morgan fingerprint density at radius 1 is 1.06 bits per heavy atom. The van der Waals surface area contributed by atoms with E-state index < -0.39 is 11.9 Å². The minimum Gasteiger partial charge on any atom is -0.481 e. The Hall–Kier alpha value is -1.74. The summed E-state index contributed by atoms with van der Waals surface area (Å²) in [5.74, 6) is -1.31. The SMILES string of the molecule is O=C(O)C(Cc1ccccc1)c1ccc(S)cc1. The van der Waals surface area contributed by atoms with Gasteiger partial charge in [0.2, 0.25) is 0 Å². The van der Waals surface area contributed by atoms with Crippen LogP contribution < -0.4 is 0 Å². The number of carboxylic acids is 1. The highest BCUT2D eigenvalue weighted by molar-refractivity contribution is 7.80. The second kappa shape index (κ2) is 5.74.